The van der Waals surface area contributed by atoms with E-state index in [0.29, 0.717) is 11.1 Å². The molecule has 7 heteroatoms. The van der Waals surface area contributed by atoms with Crippen LogP contribution in [0.3, 0.4) is 0 Å². The van der Waals surface area contributed by atoms with Crippen LogP contribution >= 0.6 is 11.8 Å². The third-order valence-electron chi connectivity index (χ3n) is 5.33. The van der Waals surface area contributed by atoms with Gasteiger partial charge in [-0.25, -0.2) is 0 Å². The van der Waals surface area contributed by atoms with E-state index in [2.05, 4.69) is 32.5 Å². The van der Waals surface area contributed by atoms with Crippen LogP contribution in [0.15, 0.2) is 33.9 Å². The zero-order chi connectivity index (χ0) is 18.5. The molecule has 2 aliphatic rings. The van der Waals surface area contributed by atoms with Crippen molar-refractivity contribution in [3.05, 3.63) is 30.2 Å². The number of aromatic nitrogens is 2. The van der Waals surface area contributed by atoms with Gasteiger partial charge in [-0.05, 0) is 49.9 Å². The maximum Gasteiger partial charge on any atom is 0.277 e. The Bertz CT molecular complexity index is 750. The molecule has 0 radical (unpaired) electrons. The Kier molecular flexibility index (Phi) is 5.97. The molecule has 1 aliphatic heterocycles. The molecule has 1 saturated carbocycles. The van der Waals surface area contributed by atoms with Crippen LogP contribution in [0.25, 0.3) is 0 Å². The average molecular weight is 387 g/mol. The minimum atomic E-state index is -0.0636. The number of rotatable bonds is 6. The Morgan fingerprint density at radius 3 is 2.56 bits per heavy atom. The number of hydrogen-bond donors (Lipinski definition) is 1. The minimum Gasteiger partial charge on any atom is -0.416 e. The molecule has 2 aromatic rings. The Morgan fingerprint density at radius 2 is 1.81 bits per heavy atom. The topological polar surface area (TPSA) is 71.3 Å². The quantitative estimate of drug-likeness (QED) is 0.740. The maximum atomic E-state index is 12.2. The van der Waals surface area contributed by atoms with Crippen molar-refractivity contribution in [3.8, 4) is 0 Å². The van der Waals surface area contributed by atoms with Gasteiger partial charge in [0.05, 0.1) is 5.75 Å². The van der Waals surface area contributed by atoms with Gasteiger partial charge in [0, 0.05) is 30.4 Å². The van der Waals surface area contributed by atoms with Crippen molar-refractivity contribution in [3.63, 3.8) is 0 Å². The van der Waals surface area contributed by atoms with Crippen molar-refractivity contribution >= 4 is 29.0 Å². The van der Waals surface area contributed by atoms with E-state index in [-0.39, 0.29) is 11.7 Å². The monoisotopic (exact) mass is 386 g/mol. The second kappa shape index (κ2) is 8.78. The number of benzene rings is 1. The molecular formula is C20H26N4O2S. The van der Waals surface area contributed by atoms with Gasteiger partial charge in [0.1, 0.15) is 0 Å². The maximum absolute atomic E-state index is 12.2. The second-order valence-electron chi connectivity index (χ2n) is 7.32. The number of hydrogen-bond acceptors (Lipinski definition) is 6. The van der Waals surface area contributed by atoms with Crippen molar-refractivity contribution in [2.45, 2.75) is 56.1 Å². The number of carbonyl (C=O) groups is 1. The lowest BCUT2D eigenvalue weighted by atomic mass is 9.89. The van der Waals surface area contributed by atoms with E-state index in [1.165, 1.54) is 49.6 Å². The van der Waals surface area contributed by atoms with Gasteiger partial charge in [0.15, 0.2) is 0 Å². The van der Waals surface area contributed by atoms with Crippen molar-refractivity contribution < 1.29 is 9.21 Å². The average Bonchev–Trinajstić information content (AvgIpc) is 3.40. The smallest absolute Gasteiger partial charge is 0.277 e. The van der Waals surface area contributed by atoms with Gasteiger partial charge < -0.3 is 14.6 Å². The van der Waals surface area contributed by atoms with E-state index in [0.717, 1.165) is 37.5 Å². The fourth-order valence-electron chi connectivity index (χ4n) is 3.85. The number of nitrogens with zero attached hydrogens (tertiary/aromatic N) is 3. The summed E-state index contributed by atoms with van der Waals surface area (Å²) in [7, 11) is 0. The first-order valence-corrected chi connectivity index (χ1v) is 10.9. The van der Waals surface area contributed by atoms with Crippen LogP contribution < -0.4 is 10.2 Å². The molecule has 1 aliphatic carbocycles. The summed E-state index contributed by atoms with van der Waals surface area (Å²) in [4.78, 5) is 14.6. The normalized spacial score (nSPS) is 18.0. The van der Waals surface area contributed by atoms with Gasteiger partial charge in [0.2, 0.25) is 11.8 Å². The highest BCUT2D eigenvalue weighted by molar-refractivity contribution is 7.99. The summed E-state index contributed by atoms with van der Waals surface area (Å²) in [6.07, 6.45) is 8.52. The first-order valence-electron chi connectivity index (χ1n) is 9.89. The highest BCUT2D eigenvalue weighted by atomic mass is 32.2. The molecule has 2 fully saturated rings. The molecule has 27 heavy (non-hydrogen) atoms. The fourth-order valence-corrected chi connectivity index (χ4v) is 4.42. The highest BCUT2D eigenvalue weighted by Gasteiger charge is 2.21. The van der Waals surface area contributed by atoms with Crippen LogP contribution in [0.2, 0.25) is 0 Å². The Balaban J connectivity index is 1.25. The molecule has 144 valence electrons. The third kappa shape index (κ3) is 4.83. The van der Waals surface area contributed by atoms with Crippen molar-refractivity contribution in [2.75, 3.05) is 29.1 Å². The molecule has 1 N–H and O–H groups in total. The van der Waals surface area contributed by atoms with E-state index in [1.807, 2.05) is 12.1 Å². The van der Waals surface area contributed by atoms with E-state index in [4.69, 9.17) is 4.42 Å². The lowest BCUT2D eigenvalue weighted by molar-refractivity contribution is -0.113. The number of carbonyl (C=O) groups excluding carboxylic acids is 1. The molecule has 1 saturated heterocycles. The molecular weight excluding hydrogens is 360 g/mol. The fraction of sp³-hybridized carbons (Fsp3) is 0.550. The molecule has 4 rings (SSSR count). The lowest BCUT2D eigenvalue weighted by Crippen LogP contribution is -2.18. The van der Waals surface area contributed by atoms with Gasteiger partial charge in [-0.2, -0.15) is 0 Å². The first-order chi connectivity index (χ1) is 13.3. The second-order valence-corrected chi connectivity index (χ2v) is 8.25. The largest absolute Gasteiger partial charge is 0.416 e. The van der Waals surface area contributed by atoms with Crippen molar-refractivity contribution in [2.24, 2.45) is 0 Å². The van der Waals surface area contributed by atoms with Crippen molar-refractivity contribution in [1.29, 1.82) is 0 Å². The molecule has 1 amide bonds. The van der Waals surface area contributed by atoms with Gasteiger partial charge in [-0.3, -0.25) is 4.79 Å². The van der Waals surface area contributed by atoms with Gasteiger partial charge >= 0.3 is 0 Å². The Labute approximate surface area is 164 Å². The summed E-state index contributed by atoms with van der Waals surface area (Å²) < 4.78 is 5.75. The zero-order valence-corrected chi connectivity index (χ0v) is 16.3. The van der Waals surface area contributed by atoms with Crippen LogP contribution in [0.4, 0.5) is 11.4 Å². The predicted octanol–water partition coefficient (Wildman–Crippen LogP) is 4.45. The summed E-state index contributed by atoms with van der Waals surface area (Å²) >= 11 is 1.30. The molecule has 0 unspecified atom stereocenters. The van der Waals surface area contributed by atoms with Crippen molar-refractivity contribution in [1.82, 2.24) is 10.2 Å². The van der Waals surface area contributed by atoms with Crippen LogP contribution in [-0.4, -0.2) is 34.9 Å². The highest BCUT2D eigenvalue weighted by Crippen LogP contribution is 2.33. The molecule has 0 atom stereocenters. The number of thioether (sulfide) groups is 1. The van der Waals surface area contributed by atoms with Crippen LogP contribution in [0.1, 0.15) is 56.8 Å². The summed E-state index contributed by atoms with van der Waals surface area (Å²) in [6.45, 7) is 2.24. The van der Waals surface area contributed by atoms with E-state index < -0.39 is 0 Å². The predicted molar refractivity (Wildman–Crippen MR) is 107 cm³/mol. The van der Waals surface area contributed by atoms with Gasteiger partial charge in [-0.15, -0.1) is 10.2 Å². The SMILES string of the molecule is O=C(CSc1nnc(C2CCCCC2)o1)Nc1ccc(N2CCCC2)cc1. The summed E-state index contributed by atoms with van der Waals surface area (Å²) in [5.74, 6) is 1.32. The zero-order valence-electron chi connectivity index (χ0n) is 15.5. The Hall–Kier alpha value is -2.02. The van der Waals surface area contributed by atoms with Crippen LogP contribution in [0.5, 0.6) is 0 Å². The summed E-state index contributed by atoms with van der Waals surface area (Å²) in [5.41, 5.74) is 2.04. The number of nitrogens with one attached hydrogen (secondary N) is 1. The molecule has 1 aromatic heterocycles. The van der Waals surface area contributed by atoms with Crippen LogP contribution in [0, 0.1) is 0 Å². The first kappa shape index (κ1) is 18.3. The van der Waals surface area contributed by atoms with Crippen LogP contribution in [-0.2, 0) is 4.79 Å². The number of amides is 1. The molecule has 2 heterocycles. The Morgan fingerprint density at radius 1 is 1.07 bits per heavy atom. The summed E-state index contributed by atoms with van der Waals surface area (Å²) in [6, 6.07) is 8.07. The van der Waals surface area contributed by atoms with E-state index in [1.54, 1.807) is 0 Å². The molecule has 1 aromatic carbocycles. The lowest BCUT2D eigenvalue weighted by Gasteiger charge is -2.17. The molecule has 0 spiro atoms. The summed E-state index contributed by atoms with van der Waals surface area (Å²) in [5, 5.41) is 11.7. The van der Waals surface area contributed by atoms with E-state index >= 15 is 0 Å². The molecule has 0 bridgehead atoms. The van der Waals surface area contributed by atoms with Gasteiger partial charge in [0.25, 0.3) is 5.22 Å². The third-order valence-corrected chi connectivity index (χ3v) is 6.14. The standard InChI is InChI=1S/C20H26N4O2S/c25-18(21-16-8-10-17(11-9-16)24-12-4-5-13-24)14-27-20-23-22-19(26-20)15-6-2-1-3-7-15/h8-11,15H,1-7,12-14H2,(H,21,25). The molecule has 6 nitrogen and oxygen atoms in total. The van der Waals surface area contributed by atoms with Gasteiger partial charge in [-0.1, -0.05) is 31.0 Å². The number of anilines is 2. The minimum absolute atomic E-state index is 0.0636. The van der Waals surface area contributed by atoms with E-state index in [9.17, 15) is 4.79 Å².